The molecule has 0 aliphatic rings. The SMILES string of the molecule is CCCC(C)CNc1ccc(O)c(C)c1. The van der Waals surface area contributed by atoms with Crippen LogP contribution in [0.4, 0.5) is 5.69 Å². The Bertz CT molecular complexity index is 309. The molecular weight excluding hydrogens is 186 g/mol. The van der Waals surface area contributed by atoms with E-state index in [4.69, 9.17) is 0 Å². The van der Waals surface area contributed by atoms with Gasteiger partial charge in [0.05, 0.1) is 0 Å². The number of rotatable bonds is 5. The zero-order valence-corrected chi connectivity index (χ0v) is 9.88. The Kier molecular flexibility index (Phi) is 4.47. The number of phenols is 1. The predicted octanol–water partition coefficient (Wildman–Crippen LogP) is 3.55. The van der Waals surface area contributed by atoms with Crippen molar-refractivity contribution in [3.05, 3.63) is 23.8 Å². The standard InChI is InChI=1S/C13H21NO/c1-4-5-10(2)9-14-12-6-7-13(15)11(3)8-12/h6-8,10,14-15H,4-5,9H2,1-3H3. The average molecular weight is 207 g/mol. The number of hydrogen-bond donors (Lipinski definition) is 2. The number of aromatic hydroxyl groups is 1. The molecule has 1 aromatic carbocycles. The highest BCUT2D eigenvalue weighted by molar-refractivity contribution is 5.50. The van der Waals surface area contributed by atoms with Gasteiger partial charge in [0.25, 0.3) is 0 Å². The van der Waals surface area contributed by atoms with Crippen molar-refractivity contribution in [2.24, 2.45) is 5.92 Å². The molecule has 0 aliphatic carbocycles. The summed E-state index contributed by atoms with van der Waals surface area (Å²) in [6.07, 6.45) is 2.49. The average Bonchev–Trinajstić information content (AvgIpc) is 2.20. The number of nitrogens with one attached hydrogen (secondary N) is 1. The lowest BCUT2D eigenvalue weighted by molar-refractivity contribution is 0.471. The first-order valence-corrected chi connectivity index (χ1v) is 5.67. The molecule has 2 heteroatoms. The van der Waals surface area contributed by atoms with E-state index >= 15 is 0 Å². The lowest BCUT2D eigenvalue weighted by Crippen LogP contribution is -2.10. The maximum Gasteiger partial charge on any atom is 0.118 e. The summed E-state index contributed by atoms with van der Waals surface area (Å²) >= 11 is 0. The molecule has 1 rings (SSSR count). The Balaban J connectivity index is 2.47. The van der Waals surface area contributed by atoms with Crippen molar-refractivity contribution >= 4 is 5.69 Å². The fourth-order valence-corrected chi connectivity index (χ4v) is 1.65. The van der Waals surface area contributed by atoms with Crippen molar-refractivity contribution < 1.29 is 5.11 Å². The maximum atomic E-state index is 9.38. The van der Waals surface area contributed by atoms with Gasteiger partial charge in [-0.25, -0.2) is 0 Å². The molecule has 0 aliphatic heterocycles. The first-order valence-electron chi connectivity index (χ1n) is 5.67. The summed E-state index contributed by atoms with van der Waals surface area (Å²) < 4.78 is 0. The second-order valence-corrected chi connectivity index (χ2v) is 4.28. The number of aryl methyl sites for hydroxylation is 1. The molecule has 0 heterocycles. The molecule has 1 unspecified atom stereocenters. The summed E-state index contributed by atoms with van der Waals surface area (Å²) in [4.78, 5) is 0. The molecule has 0 saturated carbocycles. The molecule has 0 bridgehead atoms. The number of anilines is 1. The topological polar surface area (TPSA) is 32.3 Å². The maximum absolute atomic E-state index is 9.38. The summed E-state index contributed by atoms with van der Waals surface area (Å²) in [6.45, 7) is 7.37. The number of benzene rings is 1. The van der Waals surface area contributed by atoms with Crippen LogP contribution in [0.1, 0.15) is 32.3 Å². The number of hydrogen-bond acceptors (Lipinski definition) is 2. The van der Waals surface area contributed by atoms with Crippen LogP contribution < -0.4 is 5.32 Å². The highest BCUT2D eigenvalue weighted by Gasteiger charge is 2.01. The van der Waals surface area contributed by atoms with Gasteiger partial charge >= 0.3 is 0 Å². The molecule has 0 radical (unpaired) electrons. The van der Waals surface area contributed by atoms with Gasteiger partial charge in [0.1, 0.15) is 5.75 Å². The third-order valence-corrected chi connectivity index (χ3v) is 2.63. The smallest absolute Gasteiger partial charge is 0.118 e. The summed E-state index contributed by atoms with van der Waals surface area (Å²) in [5.41, 5.74) is 2.01. The number of phenolic OH excluding ortho intramolecular Hbond substituents is 1. The molecule has 0 amide bonds. The second kappa shape index (κ2) is 5.64. The quantitative estimate of drug-likeness (QED) is 0.724. The van der Waals surface area contributed by atoms with Crippen LogP contribution in [0.2, 0.25) is 0 Å². The molecule has 1 atom stereocenters. The predicted molar refractivity (Wildman–Crippen MR) is 65.4 cm³/mol. The van der Waals surface area contributed by atoms with Gasteiger partial charge < -0.3 is 10.4 Å². The molecule has 0 fully saturated rings. The largest absolute Gasteiger partial charge is 0.508 e. The van der Waals surface area contributed by atoms with Gasteiger partial charge in [0, 0.05) is 12.2 Å². The molecule has 15 heavy (non-hydrogen) atoms. The minimum Gasteiger partial charge on any atom is -0.508 e. The summed E-state index contributed by atoms with van der Waals surface area (Å²) in [7, 11) is 0. The van der Waals surface area contributed by atoms with Crippen LogP contribution in [0.3, 0.4) is 0 Å². The molecule has 2 N–H and O–H groups in total. The monoisotopic (exact) mass is 207 g/mol. The molecule has 0 saturated heterocycles. The van der Waals surface area contributed by atoms with Crippen molar-refractivity contribution in [1.82, 2.24) is 0 Å². The van der Waals surface area contributed by atoms with Gasteiger partial charge in [0.2, 0.25) is 0 Å². The minimum absolute atomic E-state index is 0.363. The van der Waals surface area contributed by atoms with E-state index in [-0.39, 0.29) is 0 Å². The van der Waals surface area contributed by atoms with E-state index in [0.29, 0.717) is 11.7 Å². The van der Waals surface area contributed by atoms with E-state index in [1.54, 1.807) is 6.07 Å². The Morgan fingerprint density at radius 1 is 1.40 bits per heavy atom. The molecule has 84 valence electrons. The van der Waals surface area contributed by atoms with Crippen molar-refractivity contribution in [3.8, 4) is 5.75 Å². The van der Waals surface area contributed by atoms with Gasteiger partial charge in [-0.05, 0) is 43.0 Å². The van der Waals surface area contributed by atoms with E-state index in [0.717, 1.165) is 17.8 Å². The first-order chi connectivity index (χ1) is 7.13. The molecule has 2 nitrogen and oxygen atoms in total. The molecule has 0 spiro atoms. The third-order valence-electron chi connectivity index (χ3n) is 2.63. The van der Waals surface area contributed by atoms with E-state index in [9.17, 15) is 5.11 Å². The minimum atomic E-state index is 0.363. The van der Waals surface area contributed by atoms with Crippen molar-refractivity contribution in [2.45, 2.75) is 33.6 Å². The lowest BCUT2D eigenvalue weighted by atomic mass is 10.1. The van der Waals surface area contributed by atoms with E-state index in [1.807, 2.05) is 19.1 Å². The van der Waals surface area contributed by atoms with Crippen molar-refractivity contribution in [1.29, 1.82) is 0 Å². The van der Waals surface area contributed by atoms with Crippen molar-refractivity contribution in [3.63, 3.8) is 0 Å². The van der Waals surface area contributed by atoms with Gasteiger partial charge in [-0.15, -0.1) is 0 Å². The first kappa shape index (κ1) is 11.9. The lowest BCUT2D eigenvalue weighted by Gasteiger charge is -2.13. The van der Waals surface area contributed by atoms with Crippen LogP contribution in [0.15, 0.2) is 18.2 Å². The Hall–Kier alpha value is -1.18. The van der Waals surface area contributed by atoms with E-state index in [1.165, 1.54) is 12.8 Å². The van der Waals surface area contributed by atoms with Crippen molar-refractivity contribution in [2.75, 3.05) is 11.9 Å². The molecule has 1 aromatic rings. The summed E-state index contributed by atoms with van der Waals surface area (Å²) in [5, 5.41) is 12.8. The van der Waals surface area contributed by atoms with E-state index in [2.05, 4.69) is 19.2 Å². The highest BCUT2D eigenvalue weighted by Crippen LogP contribution is 2.20. The Morgan fingerprint density at radius 3 is 2.73 bits per heavy atom. The fourth-order valence-electron chi connectivity index (χ4n) is 1.65. The Labute approximate surface area is 92.3 Å². The third kappa shape index (κ3) is 3.82. The van der Waals surface area contributed by atoms with Gasteiger partial charge in [-0.3, -0.25) is 0 Å². The highest BCUT2D eigenvalue weighted by atomic mass is 16.3. The normalized spacial score (nSPS) is 12.5. The van der Waals surface area contributed by atoms with Crippen LogP contribution in [0.25, 0.3) is 0 Å². The zero-order valence-electron chi connectivity index (χ0n) is 9.88. The molecule has 0 aromatic heterocycles. The van der Waals surface area contributed by atoms with Crippen LogP contribution in [0.5, 0.6) is 5.75 Å². The van der Waals surface area contributed by atoms with Crippen LogP contribution >= 0.6 is 0 Å². The van der Waals surface area contributed by atoms with Crippen LogP contribution in [-0.4, -0.2) is 11.7 Å². The van der Waals surface area contributed by atoms with Crippen LogP contribution in [-0.2, 0) is 0 Å². The van der Waals surface area contributed by atoms with Gasteiger partial charge in [-0.1, -0.05) is 20.3 Å². The fraction of sp³-hybridized carbons (Fsp3) is 0.538. The summed E-state index contributed by atoms with van der Waals surface area (Å²) in [6, 6.07) is 5.64. The van der Waals surface area contributed by atoms with Gasteiger partial charge in [-0.2, -0.15) is 0 Å². The van der Waals surface area contributed by atoms with Gasteiger partial charge in [0.15, 0.2) is 0 Å². The zero-order chi connectivity index (χ0) is 11.3. The van der Waals surface area contributed by atoms with E-state index < -0.39 is 0 Å². The Morgan fingerprint density at radius 2 is 2.13 bits per heavy atom. The summed E-state index contributed by atoms with van der Waals surface area (Å²) in [5.74, 6) is 1.06. The second-order valence-electron chi connectivity index (χ2n) is 4.28. The molecular formula is C13H21NO. The van der Waals surface area contributed by atoms with Crippen LogP contribution in [0, 0.1) is 12.8 Å².